The average Bonchev–Trinajstić information content (AvgIpc) is 2.69. The van der Waals surface area contributed by atoms with Crippen LogP contribution in [-0.2, 0) is 6.18 Å². The molecule has 158 valence electrons. The second-order valence-electron chi connectivity index (χ2n) is 6.50. The number of alkyl halides is 3. The maximum absolute atomic E-state index is 13.1. The van der Waals surface area contributed by atoms with Crippen LogP contribution >= 0.6 is 11.6 Å². The summed E-state index contributed by atoms with van der Waals surface area (Å²) in [5.41, 5.74) is 5.36. The summed E-state index contributed by atoms with van der Waals surface area (Å²) in [6.07, 6.45) is -4.57. The third-order valence-corrected chi connectivity index (χ3v) is 4.94. The summed E-state index contributed by atoms with van der Waals surface area (Å²) in [7, 11) is 0. The molecule has 0 aliphatic heterocycles. The lowest BCUT2D eigenvalue weighted by Crippen LogP contribution is -2.23. The van der Waals surface area contributed by atoms with E-state index in [1.54, 1.807) is 12.1 Å². The molecule has 0 fully saturated rings. The number of carbonyl (C=O) groups is 1. The van der Waals surface area contributed by atoms with Gasteiger partial charge in [0.1, 0.15) is 11.1 Å². The topological polar surface area (TPSA) is 71.8 Å². The molecule has 0 spiro atoms. The van der Waals surface area contributed by atoms with Crippen LogP contribution in [0.2, 0.25) is 5.02 Å². The van der Waals surface area contributed by atoms with Gasteiger partial charge in [-0.25, -0.2) is 4.99 Å². The lowest BCUT2D eigenvalue weighted by molar-refractivity contribution is -0.137. The lowest BCUT2D eigenvalue weighted by atomic mass is 10.1. The molecule has 0 saturated heterocycles. The third kappa shape index (κ3) is 4.43. The van der Waals surface area contributed by atoms with E-state index >= 15 is 0 Å². The quantitative estimate of drug-likeness (QED) is 0.590. The number of rotatable bonds is 5. The van der Waals surface area contributed by atoms with Crippen LogP contribution in [0.5, 0.6) is 0 Å². The summed E-state index contributed by atoms with van der Waals surface area (Å²) in [5, 5.41) is 0.583. The molecular formula is C21H19ClF3N3O2. The summed E-state index contributed by atoms with van der Waals surface area (Å²) in [5.74, 6) is -0.824. The van der Waals surface area contributed by atoms with E-state index in [4.69, 9.17) is 21.8 Å². The zero-order chi connectivity index (χ0) is 22.1. The van der Waals surface area contributed by atoms with E-state index in [-0.39, 0.29) is 21.8 Å². The van der Waals surface area contributed by atoms with Gasteiger partial charge in [-0.15, -0.1) is 0 Å². The van der Waals surface area contributed by atoms with Crippen molar-refractivity contribution in [3.8, 4) is 0 Å². The molecule has 1 aromatic heterocycles. The molecule has 3 rings (SSSR count). The van der Waals surface area contributed by atoms with Crippen molar-refractivity contribution in [3.05, 3.63) is 64.2 Å². The molecule has 2 aromatic carbocycles. The van der Waals surface area contributed by atoms with Crippen molar-refractivity contribution < 1.29 is 22.4 Å². The van der Waals surface area contributed by atoms with E-state index in [2.05, 4.69) is 9.89 Å². The van der Waals surface area contributed by atoms with Crippen molar-refractivity contribution in [2.24, 2.45) is 10.7 Å². The first-order valence-corrected chi connectivity index (χ1v) is 9.56. The molecule has 0 aliphatic carbocycles. The Morgan fingerprint density at radius 3 is 2.43 bits per heavy atom. The number of nitrogens with two attached hydrogens (primary N) is 1. The molecule has 1 heterocycles. The van der Waals surface area contributed by atoms with Gasteiger partial charge in [0.2, 0.25) is 5.55 Å². The predicted octanol–water partition coefficient (Wildman–Crippen LogP) is 5.28. The molecule has 5 nitrogen and oxygen atoms in total. The van der Waals surface area contributed by atoms with Crippen LogP contribution in [0.15, 0.2) is 51.9 Å². The van der Waals surface area contributed by atoms with Gasteiger partial charge < -0.3 is 15.1 Å². The van der Waals surface area contributed by atoms with Gasteiger partial charge >= 0.3 is 6.18 Å². The minimum absolute atomic E-state index is 0.0226. The molecule has 0 saturated carbocycles. The standard InChI is InChI=1S/C21H19ClF3N3O2/c1-3-28(4-2)14-7-5-12-9-15(19(26)29)20(30-18(12)11-14)27-17-10-13(21(23,24)25)6-8-16(17)22/h5-11H,3-4H2,1-2H3,(H2,26,29). The maximum atomic E-state index is 13.1. The van der Waals surface area contributed by atoms with Crippen LogP contribution in [0.1, 0.15) is 29.8 Å². The first-order valence-electron chi connectivity index (χ1n) is 9.18. The normalized spacial score (nSPS) is 12.4. The first-order chi connectivity index (χ1) is 14.1. The van der Waals surface area contributed by atoms with Crippen molar-refractivity contribution in [3.63, 3.8) is 0 Å². The van der Waals surface area contributed by atoms with Crippen LogP contribution in [0.3, 0.4) is 0 Å². The van der Waals surface area contributed by atoms with Gasteiger partial charge in [0.05, 0.1) is 16.3 Å². The molecule has 30 heavy (non-hydrogen) atoms. The van der Waals surface area contributed by atoms with Gasteiger partial charge in [-0.3, -0.25) is 4.79 Å². The molecule has 2 N–H and O–H groups in total. The van der Waals surface area contributed by atoms with Gasteiger partial charge in [0.15, 0.2) is 0 Å². The Kier molecular flexibility index (Phi) is 6.07. The van der Waals surface area contributed by atoms with Crippen molar-refractivity contribution in [2.75, 3.05) is 18.0 Å². The molecule has 0 radical (unpaired) electrons. The second kappa shape index (κ2) is 8.39. The number of carbonyl (C=O) groups excluding carboxylic acids is 1. The Morgan fingerprint density at radius 1 is 1.13 bits per heavy atom. The zero-order valence-electron chi connectivity index (χ0n) is 16.3. The Labute approximate surface area is 175 Å². The van der Waals surface area contributed by atoms with E-state index in [1.165, 1.54) is 6.07 Å². The van der Waals surface area contributed by atoms with Gasteiger partial charge in [-0.05, 0) is 50.2 Å². The highest BCUT2D eigenvalue weighted by Gasteiger charge is 2.31. The predicted molar refractivity (Wildman–Crippen MR) is 110 cm³/mol. The van der Waals surface area contributed by atoms with Crippen LogP contribution in [0.4, 0.5) is 24.5 Å². The number of benzene rings is 2. The first kappa shape index (κ1) is 21.7. The fraction of sp³-hybridized carbons (Fsp3) is 0.238. The van der Waals surface area contributed by atoms with Crippen LogP contribution < -0.4 is 16.2 Å². The third-order valence-electron chi connectivity index (χ3n) is 4.62. The maximum Gasteiger partial charge on any atom is 0.416 e. The van der Waals surface area contributed by atoms with Gasteiger partial charge in [-0.2, -0.15) is 13.2 Å². The smallest absolute Gasteiger partial charge is 0.416 e. The summed E-state index contributed by atoms with van der Waals surface area (Å²) in [6.45, 7) is 5.58. The van der Waals surface area contributed by atoms with Crippen molar-refractivity contribution in [2.45, 2.75) is 20.0 Å². The number of primary amides is 1. The Hall–Kier alpha value is -3.00. The summed E-state index contributed by atoms with van der Waals surface area (Å²) < 4.78 is 44.9. The molecule has 3 aromatic rings. The van der Waals surface area contributed by atoms with E-state index in [9.17, 15) is 18.0 Å². The molecule has 9 heteroatoms. The SMILES string of the molecule is CCN(CC)c1ccc2cc(C(N)=O)c(=Nc3cc(C(F)(F)F)ccc3Cl)oc2c1. The highest BCUT2D eigenvalue weighted by atomic mass is 35.5. The largest absolute Gasteiger partial charge is 0.437 e. The van der Waals surface area contributed by atoms with Gasteiger partial charge in [-0.1, -0.05) is 11.6 Å². The van der Waals surface area contributed by atoms with Crippen molar-refractivity contribution in [1.82, 2.24) is 0 Å². The minimum atomic E-state index is -4.57. The summed E-state index contributed by atoms with van der Waals surface area (Å²) >= 11 is 6.03. The second-order valence-corrected chi connectivity index (χ2v) is 6.91. The Balaban J connectivity index is 2.25. The fourth-order valence-electron chi connectivity index (χ4n) is 3.04. The van der Waals surface area contributed by atoms with Crippen LogP contribution in [-0.4, -0.2) is 19.0 Å². The van der Waals surface area contributed by atoms with E-state index in [0.29, 0.717) is 11.0 Å². The van der Waals surface area contributed by atoms with Crippen LogP contribution in [0, 0.1) is 0 Å². The van der Waals surface area contributed by atoms with Gasteiger partial charge in [0.25, 0.3) is 5.91 Å². The van der Waals surface area contributed by atoms with Crippen LogP contribution in [0.25, 0.3) is 11.0 Å². The molecule has 0 aliphatic rings. The number of nitrogens with zero attached hydrogens (tertiary/aromatic N) is 2. The monoisotopic (exact) mass is 437 g/mol. The van der Waals surface area contributed by atoms with E-state index in [0.717, 1.165) is 37.0 Å². The van der Waals surface area contributed by atoms with E-state index in [1.807, 2.05) is 19.9 Å². The Morgan fingerprint density at radius 2 is 1.83 bits per heavy atom. The number of hydrogen-bond acceptors (Lipinski definition) is 4. The molecular weight excluding hydrogens is 419 g/mol. The summed E-state index contributed by atoms with van der Waals surface area (Å²) in [4.78, 5) is 18.1. The number of anilines is 1. The highest BCUT2D eigenvalue weighted by molar-refractivity contribution is 6.33. The van der Waals surface area contributed by atoms with E-state index < -0.39 is 17.6 Å². The highest BCUT2D eigenvalue weighted by Crippen LogP contribution is 2.35. The summed E-state index contributed by atoms with van der Waals surface area (Å²) in [6, 6.07) is 9.67. The van der Waals surface area contributed by atoms with Crippen molar-refractivity contribution in [1.29, 1.82) is 0 Å². The Bertz CT molecular complexity index is 1170. The number of hydrogen-bond donors (Lipinski definition) is 1. The minimum Gasteiger partial charge on any atom is -0.437 e. The molecule has 0 atom stereocenters. The lowest BCUT2D eigenvalue weighted by Gasteiger charge is -2.21. The number of amides is 1. The molecule has 1 amide bonds. The average molecular weight is 438 g/mol. The van der Waals surface area contributed by atoms with Crippen molar-refractivity contribution >= 4 is 39.9 Å². The molecule has 0 unspecified atom stereocenters. The number of fused-ring (bicyclic) bond motifs is 1. The zero-order valence-corrected chi connectivity index (χ0v) is 17.0. The number of halogens is 4. The molecule has 0 bridgehead atoms. The van der Waals surface area contributed by atoms with Gasteiger partial charge in [0, 0.05) is 30.2 Å². The fourth-order valence-corrected chi connectivity index (χ4v) is 3.20.